The van der Waals surface area contributed by atoms with Crippen LogP contribution in [0.25, 0.3) is 0 Å². The van der Waals surface area contributed by atoms with Gasteiger partial charge in [-0.15, -0.1) is 10.2 Å². The Balaban J connectivity index is 1.49. The Kier molecular flexibility index (Phi) is 5.68. The van der Waals surface area contributed by atoms with Crippen molar-refractivity contribution in [2.75, 3.05) is 39.3 Å². The minimum Gasteiger partial charge on any atom is -0.366 e. The SMILES string of the molecule is C[C@H](CN1CCCCC1)NC(=O)N1CCO[C@@H](c2nncn2C)C1. The third kappa shape index (κ3) is 4.24. The molecule has 2 amide bonds. The third-order valence-corrected chi connectivity index (χ3v) is 4.74. The zero-order chi connectivity index (χ0) is 16.9. The third-order valence-electron chi connectivity index (χ3n) is 4.74. The second kappa shape index (κ2) is 7.94. The number of nitrogens with one attached hydrogen (secondary N) is 1. The lowest BCUT2D eigenvalue weighted by molar-refractivity contribution is -0.0218. The lowest BCUT2D eigenvalue weighted by Crippen LogP contribution is -2.52. The highest BCUT2D eigenvalue weighted by atomic mass is 16.5. The molecule has 0 spiro atoms. The van der Waals surface area contributed by atoms with Crippen molar-refractivity contribution in [1.29, 1.82) is 0 Å². The van der Waals surface area contributed by atoms with Crippen LogP contribution in [0.2, 0.25) is 0 Å². The smallest absolute Gasteiger partial charge is 0.317 e. The number of piperidine rings is 1. The lowest BCUT2D eigenvalue weighted by atomic mass is 10.1. The van der Waals surface area contributed by atoms with Crippen LogP contribution in [-0.2, 0) is 11.8 Å². The van der Waals surface area contributed by atoms with Crippen molar-refractivity contribution in [3.63, 3.8) is 0 Å². The molecule has 2 fully saturated rings. The van der Waals surface area contributed by atoms with Gasteiger partial charge in [0.1, 0.15) is 12.4 Å². The fraction of sp³-hybridized carbons (Fsp3) is 0.812. The molecule has 2 aliphatic rings. The maximum Gasteiger partial charge on any atom is 0.317 e. The Bertz CT molecular complexity index is 542. The van der Waals surface area contributed by atoms with Gasteiger partial charge in [-0.1, -0.05) is 6.42 Å². The normalized spacial score (nSPS) is 23.9. The Hall–Kier alpha value is -1.67. The molecule has 8 heteroatoms. The van der Waals surface area contributed by atoms with Gasteiger partial charge in [0.25, 0.3) is 0 Å². The van der Waals surface area contributed by atoms with E-state index in [1.807, 2.05) is 16.5 Å². The molecule has 2 atom stereocenters. The molecule has 1 aromatic heterocycles. The van der Waals surface area contributed by atoms with Crippen LogP contribution in [-0.4, -0.2) is 76.0 Å². The van der Waals surface area contributed by atoms with Gasteiger partial charge in [0.2, 0.25) is 0 Å². The molecule has 24 heavy (non-hydrogen) atoms. The number of ether oxygens (including phenoxy) is 1. The van der Waals surface area contributed by atoms with Crippen LogP contribution in [0.15, 0.2) is 6.33 Å². The standard InChI is InChI=1S/C16H28N6O2/c1-13(10-21-6-4-3-5-7-21)18-16(23)22-8-9-24-14(11-22)15-19-17-12-20(15)2/h12-14H,3-11H2,1-2H3,(H,18,23)/t13-,14-/m1/s1. The molecule has 2 aliphatic heterocycles. The first-order valence-electron chi connectivity index (χ1n) is 8.87. The maximum atomic E-state index is 12.5. The average Bonchev–Trinajstić information content (AvgIpc) is 3.02. The Morgan fingerprint density at radius 2 is 2.17 bits per heavy atom. The number of morpholine rings is 1. The van der Waals surface area contributed by atoms with E-state index in [1.54, 1.807) is 6.33 Å². The Labute approximate surface area is 143 Å². The van der Waals surface area contributed by atoms with Crippen molar-refractivity contribution in [2.24, 2.45) is 7.05 Å². The van der Waals surface area contributed by atoms with Crippen molar-refractivity contribution < 1.29 is 9.53 Å². The Morgan fingerprint density at radius 3 is 2.88 bits per heavy atom. The molecule has 3 heterocycles. The average molecular weight is 336 g/mol. The largest absolute Gasteiger partial charge is 0.366 e. The monoisotopic (exact) mass is 336 g/mol. The molecule has 3 rings (SSSR count). The highest BCUT2D eigenvalue weighted by Crippen LogP contribution is 2.19. The van der Waals surface area contributed by atoms with Crippen LogP contribution < -0.4 is 5.32 Å². The molecule has 0 aromatic carbocycles. The quantitative estimate of drug-likeness (QED) is 0.879. The number of aryl methyl sites for hydroxylation is 1. The summed E-state index contributed by atoms with van der Waals surface area (Å²) >= 11 is 0. The molecule has 0 radical (unpaired) electrons. The number of hydrogen-bond donors (Lipinski definition) is 1. The van der Waals surface area contributed by atoms with E-state index in [0.717, 1.165) is 25.5 Å². The second-order valence-corrected chi connectivity index (χ2v) is 6.82. The molecule has 0 saturated carbocycles. The molecule has 1 N–H and O–H groups in total. The summed E-state index contributed by atoms with van der Waals surface area (Å²) in [5.41, 5.74) is 0. The van der Waals surface area contributed by atoms with Gasteiger partial charge >= 0.3 is 6.03 Å². The summed E-state index contributed by atoms with van der Waals surface area (Å²) in [6.45, 7) is 6.92. The first kappa shape index (κ1) is 17.2. The van der Waals surface area contributed by atoms with Gasteiger partial charge in [0.15, 0.2) is 5.82 Å². The predicted octanol–water partition coefficient (Wildman–Crippen LogP) is 0.772. The van der Waals surface area contributed by atoms with Gasteiger partial charge in [0.05, 0.1) is 13.2 Å². The first-order valence-corrected chi connectivity index (χ1v) is 8.87. The van der Waals surface area contributed by atoms with E-state index in [-0.39, 0.29) is 18.2 Å². The predicted molar refractivity (Wildman–Crippen MR) is 89.6 cm³/mol. The fourth-order valence-electron chi connectivity index (χ4n) is 3.45. The van der Waals surface area contributed by atoms with Gasteiger partial charge in [-0.25, -0.2) is 4.79 Å². The highest BCUT2D eigenvalue weighted by Gasteiger charge is 2.29. The van der Waals surface area contributed by atoms with Crippen molar-refractivity contribution in [3.8, 4) is 0 Å². The Morgan fingerprint density at radius 1 is 1.38 bits per heavy atom. The number of hydrogen-bond acceptors (Lipinski definition) is 5. The van der Waals surface area contributed by atoms with Gasteiger partial charge < -0.3 is 24.4 Å². The van der Waals surface area contributed by atoms with E-state index in [4.69, 9.17) is 4.74 Å². The molecular formula is C16H28N6O2. The van der Waals surface area contributed by atoms with Crippen LogP contribution >= 0.6 is 0 Å². The van der Waals surface area contributed by atoms with Gasteiger partial charge in [-0.05, 0) is 32.9 Å². The fourth-order valence-corrected chi connectivity index (χ4v) is 3.45. The van der Waals surface area contributed by atoms with Gasteiger partial charge in [-0.3, -0.25) is 0 Å². The first-order chi connectivity index (χ1) is 11.6. The summed E-state index contributed by atoms with van der Waals surface area (Å²) in [5, 5.41) is 11.1. The molecule has 0 aliphatic carbocycles. The van der Waals surface area contributed by atoms with E-state index in [1.165, 1.54) is 19.3 Å². The van der Waals surface area contributed by atoms with E-state index in [9.17, 15) is 4.79 Å². The summed E-state index contributed by atoms with van der Waals surface area (Å²) in [5.74, 6) is 0.758. The minimum atomic E-state index is -0.214. The highest BCUT2D eigenvalue weighted by molar-refractivity contribution is 5.74. The lowest BCUT2D eigenvalue weighted by Gasteiger charge is -2.34. The molecule has 0 bridgehead atoms. The van der Waals surface area contributed by atoms with Crippen LogP contribution in [0.5, 0.6) is 0 Å². The second-order valence-electron chi connectivity index (χ2n) is 6.82. The van der Waals surface area contributed by atoms with E-state index >= 15 is 0 Å². The molecular weight excluding hydrogens is 308 g/mol. The number of urea groups is 1. The molecule has 1 aromatic rings. The van der Waals surface area contributed by atoms with E-state index < -0.39 is 0 Å². The summed E-state index contributed by atoms with van der Waals surface area (Å²) in [6, 6.07) is 0.127. The summed E-state index contributed by atoms with van der Waals surface area (Å²) in [7, 11) is 1.89. The van der Waals surface area contributed by atoms with Gasteiger partial charge in [0, 0.05) is 26.2 Å². The van der Waals surface area contributed by atoms with Crippen molar-refractivity contribution in [2.45, 2.75) is 38.3 Å². The number of amides is 2. The zero-order valence-corrected chi connectivity index (χ0v) is 14.6. The van der Waals surface area contributed by atoms with E-state index in [2.05, 4.69) is 27.3 Å². The van der Waals surface area contributed by atoms with Crippen molar-refractivity contribution >= 4 is 6.03 Å². The molecule has 0 unspecified atom stereocenters. The van der Waals surface area contributed by atoms with Crippen LogP contribution in [0.3, 0.4) is 0 Å². The van der Waals surface area contributed by atoms with Crippen LogP contribution in [0, 0.1) is 0 Å². The summed E-state index contributed by atoms with van der Waals surface area (Å²) in [4.78, 5) is 16.8. The number of likely N-dealkylation sites (tertiary alicyclic amines) is 1. The van der Waals surface area contributed by atoms with E-state index in [0.29, 0.717) is 19.7 Å². The topological polar surface area (TPSA) is 75.5 Å². The van der Waals surface area contributed by atoms with Crippen LogP contribution in [0.4, 0.5) is 4.79 Å². The van der Waals surface area contributed by atoms with Crippen LogP contribution in [0.1, 0.15) is 38.1 Å². The number of aromatic nitrogens is 3. The summed E-state index contributed by atoms with van der Waals surface area (Å²) < 4.78 is 7.60. The number of nitrogens with zero attached hydrogens (tertiary/aromatic N) is 5. The molecule has 8 nitrogen and oxygen atoms in total. The minimum absolute atomic E-state index is 0.0185. The molecule has 134 valence electrons. The maximum absolute atomic E-state index is 12.5. The van der Waals surface area contributed by atoms with Crippen molar-refractivity contribution in [3.05, 3.63) is 12.2 Å². The molecule has 2 saturated heterocycles. The zero-order valence-electron chi connectivity index (χ0n) is 14.6. The number of carbonyl (C=O) groups excluding carboxylic acids is 1. The summed E-state index contributed by atoms with van der Waals surface area (Å²) in [6.07, 6.45) is 5.30. The number of carbonyl (C=O) groups is 1. The van der Waals surface area contributed by atoms with Crippen molar-refractivity contribution in [1.82, 2.24) is 29.9 Å². The number of rotatable bonds is 4. The van der Waals surface area contributed by atoms with Gasteiger partial charge in [-0.2, -0.15) is 0 Å².